The van der Waals surface area contributed by atoms with Gasteiger partial charge in [0, 0.05) is 128 Å². The van der Waals surface area contributed by atoms with Crippen molar-refractivity contribution in [1.82, 2.24) is 44.1 Å². The Kier molecular flexibility index (Phi) is 22.1. The third-order valence-electron chi connectivity index (χ3n) is 19.0. The highest BCUT2D eigenvalue weighted by Gasteiger charge is 2.50. The van der Waals surface area contributed by atoms with Crippen molar-refractivity contribution >= 4 is 36.6 Å². The molecule has 23 heteroatoms. The summed E-state index contributed by atoms with van der Waals surface area (Å²) >= 11 is 0. The van der Waals surface area contributed by atoms with Crippen LogP contribution in [0.25, 0.3) is 0 Å². The van der Waals surface area contributed by atoms with Crippen molar-refractivity contribution in [3.05, 3.63) is 0 Å². The highest BCUT2D eigenvalue weighted by molar-refractivity contribution is 5.71. The molecule has 12 fully saturated rings. The Morgan fingerprint density at radius 1 is 0.432 bits per heavy atom. The number of rotatable bonds is 11. The van der Waals surface area contributed by atoms with E-state index in [1.54, 1.807) is 9.80 Å². The first-order chi connectivity index (χ1) is 39.4. The van der Waals surface area contributed by atoms with Crippen LogP contribution in [-0.4, -0.2) is 279 Å². The van der Waals surface area contributed by atoms with Crippen LogP contribution in [-0.2, 0) is 37.9 Å². The molecule has 11 saturated heterocycles. The summed E-state index contributed by atoms with van der Waals surface area (Å²) in [6.07, 6.45) is 14.7. The van der Waals surface area contributed by atoms with Gasteiger partial charge in [0.05, 0.1) is 51.7 Å². The molecule has 81 heavy (non-hydrogen) atoms. The zero-order valence-electron chi connectivity index (χ0n) is 49.4. The Balaban J connectivity index is 0.000000147. The van der Waals surface area contributed by atoms with Gasteiger partial charge in [-0.1, -0.05) is 12.8 Å². The molecule has 12 aliphatic rings. The highest BCUT2D eigenvalue weighted by Crippen LogP contribution is 2.41. The number of hydrogen-bond donors (Lipinski definition) is 0. The summed E-state index contributed by atoms with van der Waals surface area (Å²) < 4.78 is 43.8. The maximum atomic E-state index is 12.4. The molecular weight excluding hydrogens is 1050 g/mol. The normalized spacial score (nSPS) is 30.9. The summed E-state index contributed by atoms with van der Waals surface area (Å²) in [4.78, 5) is 91.9. The minimum absolute atomic E-state index is 0.00469. The van der Waals surface area contributed by atoms with Gasteiger partial charge in [-0.2, -0.15) is 0 Å². The fourth-order valence-electron chi connectivity index (χ4n) is 14.6. The molecule has 0 radical (unpaired) electrons. The topological polar surface area (TPSA) is 205 Å². The molecule has 0 N–H and O–H groups in total. The lowest BCUT2D eigenvalue weighted by Crippen LogP contribution is -2.66. The van der Waals surface area contributed by atoms with Crippen molar-refractivity contribution in [2.24, 2.45) is 5.92 Å². The smallest absolute Gasteiger partial charge is 0.410 e. The number of carbonyl (C=O) groups is 6. The molecule has 458 valence electrons. The fourth-order valence-corrected chi connectivity index (χ4v) is 14.6. The maximum absolute atomic E-state index is 12.4. The molecule has 6 bridgehead atoms. The van der Waals surface area contributed by atoms with E-state index in [0.29, 0.717) is 109 Å². The van der Waals surface area contributed by atoms with Gasteiger partial charge in [-0.05, 0) is 124 Å². The predicted octanol–water partition coefficient (Wildman–Crippen LogP) is 6.30. The number of morpholine rings is 1. The van der Waals surface area contributed by atoms with Crippen LogP contribution in [0.1, 0.15) is 131 Å². The van der Waals surface area contributed by atoms with Crippen LogP contribution in [0.3, 0.4) is 0 Å². The van der Waals surface area contributed by atoms with Crippen molar-refractivity contribution in [3.63, 3.8) is 0 Å². The summed E-state index contributed by atoms with van der Waals surface area (Å²) in [6.45, 7) is 23.2. The summed E-state index contributed by atoms with van der Waals surface area (Å²) in [7, 11) is 0. The second-order valence-corrected chi connectivity index (χ2v) is 24.1. The van der Waals surface area contributed by atoms with Crippen LogP contribution in [0.4, 0.5) is 28.8 Å². The molecule has 12 rings (SSSR count). The van der Waals surface area contributed by atoms with Gasteiger partial charge in [0.1, 0.15) is 18.3 Å². The Morgan fingerprint density at radius 2 is 0.926 bits per heavy atom. The summed E-state index contributed by atoms with van der Waals surface area (Å²) in [5.41, 5.74) is 0. The van der Waals surface area contributed by atoms with Crippen LogP contribution in [0, 0.1) is 5.92 Å². The molecular formula is C58H97N9O14. The first-order valence-corrected chi connectivity index (χ1v) is 31.5. The lowest BCUT2D eigenvalue weighted by atomic mass is 9.74. The van der Waals surface area contributed by atoms with E-state index < -0.39 is 0 Å². The summed E-state index contributed by atoms with van der Waals surface area (Å²) in [5.74, 6) is 0.499. The van der Waals surface area contributed by atoms with E-state index in [4.69, 9.17) is 37.9 Å². The molecule has 7 atom stereocenters. The SMILES string of the molecule is CCOC(=O)N1C2CCCC1CC(N1CC(OC(=O)N(CC)CC)C1)C2.CCOC(=O)N1C2COCC1CC(N1CC(OC(=O)N3CCCCCC3)C1)C2.CCOC(=O)N1CC2CCC1CC2N1CC(OC(=O)N2CCCOCC2)C1. The van der Waals surface area contributed by atoms with Crippen LogP contribution >= 0.6 is 0 Å². The van der Waals surface area contributed by atoms with Gasteiger partial charge in [0.25, 0.3) is 0 Å². The van der Waals surface area contributed by atoms with Gasteiger partial charge in [0.15, 0.2) is 0 Å². The van der Waals surface area contributed by atoms with Crippen LogP contribution in [0.15, 0.2) is 0 Å². The number of carbonyl (C=O) groups excluding carboxylic acids is 6. The number of fused-ring (bicyclic) bond motifs is 7. The first-order valence-electron chi connectivity index (χ1n) is 31.5. The first kappa shape index (κ1) is 61.0. The lowest BCUT2D eigenvalue weighted by Gasteiger charge is -2.55. The van der Waals surface area contributed by atoms with Crippen molar-refractivity contribution in [3.8, 4) is 0 Å². The Labute approximate surface area is 480 Å². The number of hydrogen-bond acceptors (Lipinski definition) is 17. The van der Waals surface area contributed by atoms with Crippen molar-refractivity contribution < 1.29 is 66.7 Å². The van der Waals surface area contributed by atoms with E-state index in [-0.39, 0.29) is 73.0 Å². The Hall–Kier alpha value is -4.58. The van der Waals surface area contributed by atoms with Gasteiger partial charge < -0.3 is 62.4 Å². The number of ether oxygens (including phenoxy) is 8. The standard InChI is InChI=1S/C20H33N3O5.C19H31N3O5.C19H33N3O4/c1-2-27-20(25)23-16-9-15(10-17(23)14-26-13-16)22-11-18(12-22)28-19(24)21-7-5-3-4-6-8-21;1-2-26-19(24)22-11-14-4-5-15(22)10-17(14)21-12-16(13-21)27-18(23)20-6-3-8-25-9-7-20;1-4-20(5-2)18(23)26-17-12-21(13-17)16-10-14-8-7-9-15(11-16)22(14)19(24)25-6-3/h15-18H,2-14H2,1H3;14-17H,2-13H2,1H3;14-17H,4-13H2,1-3H3. The second kappa shape index (κ2) is 29.3. The molecule has 1 aliphatic carbocycles. The number of piperidine rings is 5. The molecule has 11 heterocycles. The minimum Gasteiger partial charge on any atom is -0.450 e. The van der Waals surface area contributed by atoms with Gasteiger partial charge in [0.2, 0.25) is 0 Å². The molecule has 7 unspecified atom stereocenters. The van der Waals surface area contributed by atoms with Crippen molar-refractivity contribution in [2.45, 2.75) is 198 Å². The Bertz CT molecular complexity index is 2030. The minimum atomic E-state index is -0.216. The largest absolute Gasteiger partial charge is 0.450 e. The average molecular weight is 1140 g/mol. The highest BCUT2D eigenvalue weighted by atomic mass is 16.6. The van der Waals surface area contributed by atoms with Crippen molar-refractivity contribution in [2.75, 3.05) is 131 Å². The fraction of sp³-hybridized carbons (Fsp3) is 0.897. The zero-order valence-corrected chi connectivity index (χ0v) is 49.4. The number of likely N-dealkylation sites (tertiary alicyclic amines) is 4. The third kappa shape index (κ3) is 15.2. The number of amides is 6. The molecule has 6 amide bonds. The number of nitrogens with zero attached hydrogens (tertiary/aromatic N) is 9. The lowest BCUT2D eigenvalue weighted by molar-refractivity contribution is -0.110. The predicted molar refractivity (Wildman–Crippen MR) is 298 cm³/mol. The molecule has 0 aromatic rings. The van der Waals surface area contributed by atoms with Gasteiger partial charge in [-0.15, -0.1) is 0 Å². The molecule has 0 spiro atoms. The van der Waals surface area contributed by atoms with E-state index in [9.17, 15) is 28.8 Å². The van der Waals surface area contributed by atoms with E-state index in [1.165, 1.54) is 25.7 Å². The average Bonchev–Trinajstić information content (AvgIpc) is 4.04. The second-order valence-electron chi connectivity index (χ2n) is 24.1. The monoisotopic (exact) mass is 1140 g/mol. The maximum Gasteiger partial charge on any atom is 0.410 e. The van der Waals surface area contributed by atoms with Gasteiger partial charge in [-0.25, -0.2) is 28.8 Å². The van der Waals surface area contributed by atoms with E-state index in [1.807, 2.05) is 54.2 Å². The van der Waals surface area contributed by atoms with Crippen molar-refractivity contribution in [1.29, 1.82) is 0 Å². The van der Waals surface area contributed by atoms with E-state index in [2.05, 4.69) is 14.7 Å². The Morgan fingerprint density at radius 3 is 1.46 bits per heavy atom. The van der Waals surface area contributed by atoms with E-state index >= 15 is 0 Å². The third-order valence-corrected chi connectivity index (χ3v) is 19.0. The van der Waals surface area contributed by atoms with E-state index in [0.717, 1.165) is 130 Å². The molecule has 1 saturated carbocycles. The van der Waals surface area contributed by atoms with Gasteiger partial charge >= 0.3 is 36.6 Å². The molecule has 11 aliphatic heterocycles. The summed E-state index contributed by atoms with van der Waals surface area (Å²) in [5, 5.41) is 0. The quantitative estimate of drug-likeness (QED) is 0.208. The summed E-state index contributed by atoms with van der Waals surface area (Å²) in [6, 6.07) is 2.43. The molecule has 0 aromatic heterocycles. The van der Waals surface area contributed by atoms with Crippen LogP contribution in [0.5, 0.6) is 0 Å². The molecule has 0 aromatic carbocycles. The molecule has 23 nitrogen and oxygen atoms in total. The van der Waals surface area contributed by atoms with Crippen LogP contribution < -0.4 is 0 Å². The van der Waals surface area contributed by atoms with Gasteiger partial charge in [-0.3, -0.25) is 19.6 Å². The van der Waals surface area contributed by atoms with Crippen LogP contribution in [0.2, 0.25) is 0 Å². The zero-order chi connectivity index (χ0) is 57.0.